The normalized spacial score (nSPS) is 21.0. The van der Waals surface area contributed by atoms with Crippen LogP contribution in [0.5, 0.6) is 0 Å². The number of aromatic nitrogens is 3. The van der Waals surface area contributed by atoms with E-state index in [-0.39, 0.29) is 23.6 Å². The first-order valence-corrected chi connectivity index (χ1v) is 11.5. The minimum Gasteiger partial charge on any atom is -0.373 e. The molecule has 11 heteroatoms. The van der Waals surface area contributed by atoms with E-state index < -0.39 is 6.23 Å². The first kappa shape index (κ1) is 21.9. The molecule has 4 rings (SSSR count). The molecule has 6 N–H and O–H groups in total. The number of hydrogen-bond donors (Lipinski definition) is 5. The van der Waals surface area contributed by atoms with Crippen molar-refractivity contribution in [2.45, 2.75) is 44.9 Å². The molecule has 2 aliphatic rings. The Bertz CT molecular complexity index is 899. The molecule has 2 aromatic heterocycles. The predicted octanol–water partition coefficient (Wildman–Crippen LogP) is 1.02. The van der Waals surface area contributed by atoms with Crippen LogP contribution in [-0.2, 0) is 4.79 Å². The van der Waals surface area contributed by atoms with Crippen molar-refractivity contribution in [1.82, 2.24) is 25.0 Å². The van der Waals surface area contributed by atoms with E-state index in [4.69, 9.17) is 10.7 Å². The lowest BCUT2D eigenvalue weighted by atomic mass is 9.96. The van der Waals surface area contributed by atoms with E-state index in [1.807, 2.05) is 13.0 Å². The van der Waals surface area contributed by atoms with Gasteiger partial charge in [-0.3, -0.25) is 4.79 Å². The average Bonchev–Trinajstić information content (AvgIpc) is 3.19. The fraction of sp³-hybridized carbons (Fsp3) is 0.600. The molecular formula is C20H30N8O2S. The Morgan fingerprint density at radius 1 is 1.39 bits per heavy atom. The van der Waals surface area contributed by atoms with Crippen LogP contribution in [0.1, 0.15) is 43.3 Å². The van der Waals surface area contributed by atoms with E-state index in [9.17, 15) is 9.90 Å². The Morgan fingerprint density at radius 3 is 2.90 bits per heavy atom. The van der Waals surface area contributed by atoms with Crippen LogP contribution in [0.2, 0.25) is 0 Å². The van der Waals surface area contributed by atoms with Gasteiger partial charge in [-0.25, -0.2) is 9.97 Å². The highest BCUT2D eigenvalue weighted by Crippen LogP contribution is 2.27. The Hall–Kier alpha value is -2.34. The number of aliphatic hydroxyl groups is 1. The second-order valence-corrected chi connectivity index (χ2v) is 8.99. The summed E-state index contributed by atoms with van der Waals surface area (Å²) in [6.07, 6.45) is 4.08. The molecule has 0 aliphatic carbocycles. The standard InChI is InChI=1S/C20H30N8O2S/c1-12-9-16(31-27-12)26-19-17(18(21)29)23-10-15(25-19)28-8-2-3-14(11-28)24-20(30)13-4-6-22-7-5-13/h9-10,13-14,18,22,29H,2-8,11,21H2,1H3,(H,24,30)(H,25,26). The number of carbonyl (C=O) groups is 1. The molecular weight excluding hydrogens is 416 g/mol. The van der Waals surface area contributed by atoms with Crippen LogP contribution in [0, 0.1) is 12.8 Å². The van der Waals surface area contributed by atoms with Gasteiger partial charge < -0.3 is 31.7 Å². The number of aryl methyl sites for hydroxylation is 1. The maximum absolute atomic E-state index is 12.6. The third kappa shape index (κ3) is 5.48. The number of amides is 1. The van der Waals surface area contributed by atoms with Gasteiger partial charge in [-0.2, -0.15) is 4.37 Å². The van der Waals surface area contributed by atoms with E-state index in [0.717, 1.165) is 56.0 Å². The summed E-state index contributed by atoms with van der Waals surface area (Å²) in [5, 5.41) is 20.4. The molecule has 2 saturated heterocycles. The van der Waals surface area contributed by atoms with Crippen molar-refractivity contribution in [1.29, 1.82) is 0 Å². The molecule has 2 aliphatic heterocycles. The number of anilines is 3. The monoisotopic (exact) mass is 446 g/mol. The maximum atomic E-state index is 12.6. The molecule has 2 unspecified atom stereocenters. The van der Waals surface area contributed by atoms with E-state index >= 15 is 0 Å². The van der Waals surface area contributed by atoms with Gasteiger partial charge in [-0.15, -0.1) is 0 Å². The van der Waals surface area contributed by atoms with E-state index in [1.54, 1.807) is 6.20 Å². The number of nitrogens with zero attached hydrogens (tertiary/aromatic N) is 4. The van der Waals surface area contributed by atoms with Crippen LogP contribution in [0.3, 0.4) is 0 Å². The Kier molecular flexibility index (Phi) is 6.96. The average molecular weight is 447 g/mol. The molecule has 0 radical (unpaired) electrons. The first-order chi connectivity index (χ1) is 15.0. The molecule has 31 heavy (non-hydrogen) atoms. The number of aliphatic hydroxyl groups excluding tert-OH is 1. The van der Waals surface area contributed by atoms with Crippen molar-refractivity contribution < 1.29 is 9.90 Å². The number of hydrogen-bond acceptors (Lipinski definition) is 10. The summed E-state index contributed by atoms with van der Waals surface area (Å²) in [6.45, 7) is 5.22. The summed E-state index contributed by atoms with van der Waals surface area (Å²) in [6, 6.07) is 1.98. The highest BCUT2D eigenvalue weighted by atomic mass is 32.1. The zero-order chi connectivity index (χ0) is 21.8. The van der Waals surface area contributed by atoms with Crippen LogP contribution in [-0.4, -0.2) is 57.6 Å². The summed E-state index contributed by atoms with van der Waals surface area (Å²) < 4.78 is 4.26. The predicted molar refractivity (Wildman–Crippen MR) is 120 cm³/mol. The smallest absolute Gasteiger partial charge is 0.223 e. The molecule has 2 aromatic rings. The fourth-order valence-corrected chi connectivity index (χ4v) is 4.76. The van der Waals surface area contributed by atoms with Gasteiger partial charge >= 0.3 is 0 Å². The van der Waals surface area contributed by atoms with Gasteiger partial charge in [0.25, 0.3) is 0 Å². The van der Waals surface area contributed by atoms with Gasteiger partial charge in [-0.05, 0) is 63.3 Å². The van der Waals surface area contributed by atoms with Crippen molar-refractivity contribution in [2.75, 3.05) is 36.4 Å². The van der Waals surface area contributed by atoms with Crippen molar-refractivity contribution in [3.05, 3.63) is 23.7 Å². The molecule has 0 saturated carbocycles. The zero-order valence-electron chi connectivity index (χ0n) is 17.7. The summed E-state index contributed by atoms with van der Waals surface area (Å²) in [5.74, 6) is 1.36. The second kappa shape index (κ2) is 9.86. The molecule has 1 amide bonds. The number of nitrogens with one attached hydrogen (secondary N) is 3. The molecule has 2 atom stereocenters. The summed E-state index contributed by atoms with van der Waals surface area (Å²) in [4.78, 5) is 23.8. The van der Waals surface area contributed by atoms with Crippen LogP contribution in [0.25, 0.3) is 0 Å². The molecule has 168 valence electrons. The number of nitrogens with two attached hydrogens (primary N) is 1. The summed E-state index contributed by atoms with van der Waals surface area (Å²) in [7, 11) is 0. The number of piperidine rings is 2. The van der Waals surface area contributed by atoms with Crippen molar-refractivity contribution >= 4 is 34.1 Å². The van der Waals surface area contributed by atoms with Gasteiger partial charge in [-0.1, -0.05) is 0 Å². The topological polar surface area (TPSA) is 141 Å². The van der Waals surface area contributed by atoms with Gasteiger partial charge in [0.15, 0.2) is 5.82 Å². The lowest BCUT2D eigenvalue weighted by Crippen LogP contribution is -2.50. The lowest BCUT2D eigenvalue weighted by molar-refractivity contribution is -0.126. The van der Waals surface area contributed by atoms with Crippen LogP contribution < -0.4 is 26.6 Å². The molecule has 0 spiro atoms. The van der Waals surface area contributed by atoms with Crippen molar-refractivity contribution in [3.8, 4) is 0 Å². The van der Waals surface area contributed by atoms with Crippen LogP contribution in [0.4, 0.5) is 16.6 Å². The van der Waals surface area contributed by atoms with Crippen molar-refractivity contribution in [2.24, 2.45) is 11.7 Å². The fourth-order valence-electron chi connectivity index (χ4n) is 4.10. The Balaban J connectivity index is 1.46. The summed E-state index contributed by atoms with van der Waals surface area (Å²) in [5.41, 5.74) is 6.86. The van der Waals surface area contributed by atoms with Gasteiger partial charge in [0.05, 0.1) is 11.9 Å². The summed E-state index contributed by atoms with van der Waals surface area (Å²) >= 11 is 1.31. The third-order valence-electron chi connectivity index (χ3n) is 5.74. The lowest BCUT2D eigenvalue weighted by Gasteiger charge is -2.35. The van der Waals surface area contributed by atoms with Crippen molar-refractivity contribution in [3.63, 3.8) is 0 Å². The molecule has 4 heterocycles. The SMILES string of the molecule is Cc1cc(Nc2nc(N3CCCC(NC(=O)C4CCNCC4)C3)cnc2C(N)O)sn1. The third-order valence-corrected chi connectivity index (χ3v) is 6.54. The quantitative estimate of drug-likeness (QED) is 0.411. The van der Waals surface area contributed by atoms with Crippen LogP contribution >= 0.6 is 11.5 Å². The minimum atomic E-state index is -1.24. The maximum Gasteiger partial charge on any atom is 0.223 e. The molecule has 0 aromatic carbocycles. The first-order valence-electron chi connectivity index (χ1n) is 10.8. The molecule has 2 fully saturated rings. The largest absolute Gasteiger partial charge is 0.373 e. The van der Waals surface area contributed by atoms with Crippen LogP contribution in [0.15, 0.2) is 12.3 Å². The van der Waals surface area contributed by atoms with E-state index in [1.165, 1.54) is 11.5 Å². The Morgan fingerprint density at radius 2 is 2.19 bits per heavy atom. The van der Waals surface area contributed by atoms with E-state index in [2.05, 4.69) is 30.2 Å². The highest BCUT2D eigenvalue weighted by Gasteiger charge is 2.27. The second-order valence-electron chi connectivity index (χ2n) is 8.18. The highest BCUT2D eigenvalue weighted by molar-refractivity contribution is 7.10. The number of rotatable bonds is 6. The molecule has 10 nitrogen and oxygen atoms in total. The Labute approximate surface area is 185 Å². The number of carbonyl (C=O) groups excluding carboxylic acids is 1. The minimum absolute atomic E-state index is 0.0817. The van der Waals surface area contributed by atoms with Gasteiger partial charge in [0, 0.05) is 25.0 Å². The van der Waals surface area contributed by atoms with Gasteiger partial charge in [0.1, 0.15) is 22.7 Å². The van der Waals surface area contributed by atoms with E-state index in [0.29, 0.717) is 18.2 Å². The van der Waals surface area contributed by atoms with Gasteiger partial charge in [0.2, 0.25) is 5.91 Å². The zero-order valence-corrected chi connectivity index (χ0v) is 18.5. The molecule has 0 bridgehead atoms.